The van der Waals surface area contributed by atoms with Crippen molar-refractivity contribution in [2.24, 2.45) is 0 Å². The highest BCUT2D eigenvalue weighted by Crippen LogP contribution is 2.53. The first-order valence-corrected chi connectivity index (χ1v) is 7.60. The van der Waals surface area contributed by atoms with E-state index in [0.717, 1.165) is 0 Å². The third-order valence-electron chi connectivity index (χ3n) is 3.90. The zero-order chi connectivity index (χ0) is 14.5. The van der Waals surface area contributed by atoms with Gasteiger partial charge in [-0.2, -0.15) is 8.78 Å². The van der Waals surface area contributed by atoms with Crippen LogP contribution in [0, 0.1) is 12.3 Å². The van der Waals surface area contributed by atoms with Crippen LogP contribution in [0.5, 0.6) is 0 Å². The molecule has 0 bridgehead atoms. The van der Waals surface area contributed by atoms with Gasteiger partial charge in [-0.1, -0.05) is 17.5 Å². The minimum Gasteiger partial charge on any atom is -0.363 e. The number of thiophene rings is 1. The lowest BCUT2D eigenvalue weighted by molar-refractivity contribution is -0.180. The first-order valence-electron chi connectivity index (χ1n) is 6.40. The number of hydrogen-bond donors (Lipinski definition) is 1. The standard InChI is InChI=1S/C14H14ClF2NOS/c1-3-9-6-13(5-8(2)18-9)12-10(4-11(15)20-12)14(16,17)7-19-13/h1,4,8-9,18H,5-7H2,2H3/t8-,9+,13-/m0/s1. The zero-order valence-corrected chi connectivity index (χ0v) is 12.5. The molecule has 1 fully saturated rings. The number of rotatable bonds is 0. The summed E-state index contributed by atoms with van der Waals surface area (Å²) in [5.74, 6) is -0.325. The first-order chi connectivity index (χ1) is 9.36. The average Bonchev–Trinajstić information content (AvgIpc) is 2.79. The van der Waals surface area contributed by atoms with Gasteiger partial charge >= 0.3 is 0 Å². The summed E-state index contributed by atoms with van der Waals surface area (Å²) in [5, 5.41) is 3.26. The van der Waals surface area contributed by atoms with Crippen molar-refractivity contribution in [3.63, 3.8) is 0 Å². The van der Waals surface area contributed by atoms with E-state index in [2.05, 4.69) is 11.2 Å². The molecular weight excluding hydrogens is 304 g/mol. The van der Waals surface area contributed by atoms with Gasteiger partial charge in [-0.15, -0.1) is 17.8 Å². The Balaban J connectivity index is 2.09. The van der Waals surface area contributed by atoms with E-state index in [-0.39, 0.29) is 17.6 Å². The summed E-state index contributed by atoms with van der Waals surface area (Å²) in [5.41, 5.74) is -0.736. The summed E-state index contributed by atoms with van der Waals surface area (Å²) in [4.78, 5) is 0.535. The lowest BCUT2D eigenvalue weighted by Crippen LogP contribution is -2.54. The van der Waals surface area contributed by atoms with Crippen LogP contribution in [0.1, 0.15) is 30.2 Å². The van der Waals surface area contributed by atoms with E-state index >= 15 is 0 Å². The molecule has 2 aliphatic heterocycles. The molecule has 3 atom stereocenters. The molecule has 0 amide bonds. The molecule has 2 nitrogen and oxygen atoms in total. The van der Waals surface area contributed by atoms with Crippen LogP contribution in [-0.4, -0.2) is 18.7 Å². The van der Waals surface area contributed by atoms with Crippen LogP contribution in [0.3, 0.4) is 0 Å². The Bertz CT molecular complexity index is 582. The molecule has 0 radical (unpaired) electrons. The van der Waals surface area contributed by atoms with E-state index in [1.54, 1.807) is 0 Å². The molecule has 3 rings (SSSR count). The van der Waals surface area contributed by atoms with Crippen molar-refractivity contribution in [3.8, 4) is 12.3 Å². The second-order valence-electron chi connectivity index (χ2n) is 5.48. The van der Waals surface area contributed by atoms with Gasteiger partial charge in [-0.3, -0.25) is 0 Å². The molecule has 3 heterocycles. The van der Waals surface area contributed by atoms with Crippen molar-refractivity contribution >= 4 is 22.9 Å². The fraction of sp³-hybridized carbons (Fsp3) is 0.571. The van der Waals surface area contributed by atoms with Gasteiger partial charge in [0.2, 0.25) is 0 Å². The normalized spacial score (nSPS) is 35.5. The Morgan fingerprint density at radius 2 is 2.30 bits per heavy atom. The largest absolute Gasteiger partial charge is 0.363 e. The minimum atomic E-state index is -2.98. The van der Waals surface area contributed by atoms with Gasteiger partial charge in [0.1, 0.15) is 12.2 Å². The van der Waals surface area contributed by atoms with Gasteiger partial charge in [0.15, 0.2) is 0 Å². The van der Waals surface area contributed by atoms with Crippen molar-refractivity contribution in [1.29, 1.82) is 0 Å². The van der Waals surface area contributed by atoms with E-state index in [4.69, 9.17) is 22.8 Å². The van der Waals surface area contributed by atoms with Crippen molar-refractivity contribution in [3.05, 3.63) is 20.8 Å². The number of hydrogen-bond acceptors (Lipinski definition) is 3. The average molecular weight is 318 g/mol. The summed E-state index contributed by atoms with van der Waals surface area (Å²) in [6.07, 6.45) is 6.61. The number of fused-ring (bicyclic) bond motifs is 2. The van der Waals surface area contributed by atoms with Gasteiger partial charge in [0.05, 0.1) is 10.4 Å². The maximum absolute atomic E-state index is 14.0. The van der Waals surface area contributed by atoms with Crippen LogP contribution in [0.4, 0.5) is 8.78 Å². The fourth-order valence-corrected chi connectivity index (χ4v) is 4.56. The lowest BCUT2D eigenvalue weighted by atomic mass is 9.79. The molecule has 6 heteroatoms. The highest BCUT2D eigenvalue weighted by molar-refractivity contribution is 7.16. The maximum Gasteiger partial charge on any atom is 0.297 e. The number of piperidine rings is 1. The maximum atomic E-state index is 14.0. The predicted octanol–water partition coefficient (Wildman–Crippen LogP) is 3.49. The van der Waals surface area contributed by atoms with Crippen molar-refractivity contribution in [2.75, 3.05) is 6.61 Å². The number of alkyl halides is 2. The second kappa shape index (κ2) is 4.67. The third-order valence-corrected chi connectivity index (χ3v) is 5.35. The molecule has 0 saturated carbocycles. The predicted molar refractivity (Wildman–Crippen MR) is 75.3 cm³/mol. The number of ether oxygens (including phenoxy) is 1. The van der Waals surface area contributed by atoms with E-state index < -0.39 is 18.1 Å². The number of halogens is 3. The van der Waals surface area contributed by atoms with Gasteiger partial charge in [0, 0.05) is 22.9 Å². The Morgan fingerprint density at radius 3 is 3.00 bits per heavy atom. The molecule has 1 N–H and O–H groups in total. The van der Waals surface area contributed by atoms with Crippen LogP contribution in [0.15, 0.2) is 6.07 Å². The number of terminal acetylenes is 1. The van der Waals surface area contributed by atoms with Crippen molar-refractivity contribution in [1.82, 2.24) is 5.32 Å². The van der Waals surface area contributed by atoms with Crippen LogP contribution < -0.4 is 5.32 Å². The monoisotopic (exact) mass is 317 g/mol. The van der Waals surface area contributed by atoms with Crippen LogP contribution in [0.2, 0.25) is 4.34 Å². The van der Waals surface area contributed by atoms with Crippen molar-refractivity contribution < 1.29 is 13.5 Å². The zero-order valence-electron chi connectivity index (χ0n) is 10.9. The van der Waals surface area contributed by atoms with E-state index in [1.807, 2.05) is 6.92 Å². The molecule has 20 heavy (non-hydrogen) atoms. The lowest BCUT2D eigenvalue weighted by Gasteiger charge is -2.46. The molecule has 0 aromatic carbocycles. The molecule has 1 spiro atoms. The third kappa shape index (κ3) is 2.15. The van der Waals surface area contributed by atoms with Gasteiger partial charge in [0.25, 0.3) is 5.92 Å². The van der Waals surface area contributed by atoms with Crippen molar-refractivity contribution in [2.45, 2.75) is 43.4 Å². The highest BCUT2D eigenvalue weighted by atomic mass is 35.5. The molecular formula is C14H14ClF2NOS. The minimum absolute atomic E-state index is 0.00335. The van der Waals surface area contributed by atoms with Crippen LogP contribution in [-0.2, 0) is 16.3 Å². The first kappa shape index (κ1) is 14.3. The summed E-state index contributed by atoms with van der Waals surface area (Å²) in [6, 6.07) is 1.29. The molecule has 108 valence electrons. The molecule has 1 aromatic heterocycles. The Hall–Kier alpha value is -0.670. The summed E-state index contributed by atoms with van der Waals surface area (Å²) >= 11 is 7.14. The van der Waals surface area contributed by atoms with Crippen LogP contribution in [0.25, 0.3) is 0 Å². The Labute approximate surface area is 125 Å². The van der Waals surface area contributed by atoms with E-state index in [0.29, 0.717) is 22.1 Å². The highest BCUT2D eigenvalue weighted by Gasteiger charge is 2.53. The van der Waals surface area contributed by atoms with E-state index in [1.165, 1.54) is 17.4 Å². The summed E-state index contributed by atoms with van der Waals surface area (Å²) in [7, 11) is 0. The summed E-state index contributed by atoms with van der Waals surface area (Å²) < 4.78 is 34.0. The second-order valence-corrected chi connectivity index (χ2v) is 7.16. The van der Waals surface area contributed by atoms with Gasteiger partial charge in [-0.25, -0.2) is 0 Å². The molecule has 1 saturated heterocycles. The molecule has 2 aliphatic rings. The Morgan fingerprint density at radius 1 is 1.55 bits per heavy atom. The van der Waals surface area contributed by atoms with Gasteiger partial charge < -0.3 is 10.1 Å². The fourth-order valence-electron chi connectivity index (χ4n) is 3.12. The molecule has 1 aromatic rings. The van der Waals surface area contributed by atoms with Crippen LogP contribution >= 0.6 is 22.9 Å². The number of nitrogens with one attached hydrogen (secondary N) is 1. The summed E-state index contributed by atoms with van der Waals surface area (Å²) in [6.45, 7) is 1.37. The molecule has 0 unspecified atom stereocenters. The smallest absolute Gasteiger partial charge is 0.297 e. The Kier molecular flexibility index (Phi) is 3.33. The van der Waals surface area contributed by atoms with Gasteiger partial charge in [-0.05, 0) is 19.4 Å². The van der Waals surface area contributed by atoms with E-state index in [9.17, 15) is 8.78 Å². The SMILES string of the molecule is C#C[C@@H]1C[C@]2(C[C@H](C)N1)OCC(F)(F)c1cc(Cl)sc12. The molecule has 0 aliphatic carbocycles. The quantitative estimate of drug-likeness (QED) is 0.740. The topological polar surface area (TPSA) is 21.3 Å².